The molecule has 112 valence electrons. The second kappa shape index (κ2) is 9.94. The average Bonchev–Trinajstić information content (AvgIpc) is 3.21. The second-order valence-electron chi connectivity index (χ2n) is 4.82. The average molecular weight is 330 g/mol. The molecule has 0 aliphatic heterocycles. The van der Waals surface area contributed by atoms with Gasteiger partial charge in [0, 0.05) is 0 Å². The van der Waals surface area contributed by atoms with Gasteiger partial charge in [0.05, 0.1) is 0 Å². The molecule has 1 nitrogen and oxygen atoms in total. The standard InChI is InChI=1S/C15H13O.C5H5.Fe/c1-12-6-8-13(9-7-12)10-11-15(16)14-4-2-3-5-14;1-2-4-5-3-1;/h4-11H,2H2,1H3;1-3H,4H2;/q2*-1;+2/b11-10+;;. The van der Waals surface area contributed by atoms with Crippen LogP contribution in [0.3, 0.4) is 0 Å². The summed E-state index contributed by atoms with van der Waals surface area (Å²) in [5, 5.41) is 0. The summed E-state index contributed by atoms with van der Waals surface area (Å²) < 4.78 is 0. The maximum absolute atomic E-state index is 11.7. The van der Waals surface area contributed by atoms with Crippen molar-refractivity contribution in [2.75, 3.05) is 0 Å². The van der Waals surface area contributed by atoms with Gasteiger partial charge in [0.1, 0.15) is 5.78 Å². The molecule has 0 saturated heterocycles. The van der Waals surface area contributed by atoms with Gasteiger partial charge in [-0.25, -0.2) is 18.2 Å². The van der Waals surface area contributed by atoms with Gasteiger partial charge >= 0.3 is 17.1 Å². The van der Waals surface area contributed by atoms with Crippen molar-refractivity contribution in [1.82, 2.24) is 0 Å². The van der Waals surface area contributed by atoms with Gasteiger partial charge in [0.25, 0.3) is 0 Å². The Morgan fingerprint density at radius 1 is 1.14 bits per heavy atom. The van der Waals surface area contributed by atoms with Crippen molar-refractivity contribution in [2.24, 2.45) is 0 Å². The van der Waals surface area contributed by atoms with Crippen molar-refractivity contribution in [3.05, 3.63) is 89.6 Å². The van der Waals surface area contributed by atoms with E-state index >= 15 is 0 Å². The van der Waals surface area contributed by atoms with E-state index in [1.165, 1.54) is 5.56 Å². The van der Waals surface area contributed by atoms with Crippen LogP contribution in [0.4, 0.5) is 0 Å². The molecule has 0 amide bonds. The van der Waals surface area contributed by atoms with Gasteiger partial charge in [-0.3, -0.25) is 12.2 Å². The van der Waals surface area contributed by atoms with E-state index in [1.54, 1.807) is 12.2 Å². The number of hydrogen-bond acceptors (Lipinski definition) is 1. The fourth-order valence-corrected chi connectivity index (χ4v) is 1.85. The van der Waals surface area contributed by atoms with Crippen LogP contribution in [0.5, 0.6) is 0 Å². The number of benzene rings is 1. The number of allylic oxidation sites excluding steroid dienone is 9. The Labute approximate surface area is 143 Å². The molecule has 22 heavy (non-hydrogen) atoms. The molecule has 0 N–H and O–H groups in total. The van der Waals surface area contributed by atoms with E-state index in [-0.39, 0.29) is 22.9 Å². The fourth-order valence-electron chi connectivity index (χ4n) is 1.85. The van der Waals surface area contributed by atoms with E-state index in [4.69, 9.17) is 0 Å². The van der Waals surface area contributed by atoms with Crippen molar-refractivity contribution >= 4 is 11.9 Å². The van der Waals surface area contributed by atoms with Crippen molar-refractivity contribution < 1.29 is 21.9 Å². The molecule has 0 atom stereocenters. The minimum atomic E-state index is 0. The van der Waals surface area contributed by atoms with E-state index in [0.717, 1.165) is 24.0 Å². The smallest absolute Gasteiger partial charge is 0.311 e. The summed E-state index contributed by atoms with van der Waals surface area (Å²) >= 11 is 0. The molecule has 0 radical (unpaired) electrons. The number of carbonyl (C=O) groups excluding carboxylic acids is 1. The molecule has 0 unspecified atom stereocenters. The minimum Gasteiger partial charge on any atom is -0.311 e. The zero-order chi connectivity index (χ0) is 14.9. The minimum absolute atomic E-state index is 0. The third-order valence-corrected chi connectivity index (χ3v) is 3.07. The second-order valence-corrected chi connectivity index (χ2v) is 4.82. The van der Waals surface area contributed by atoms with Gasteiger partial charge in [0.15, 0.2) is 0 Å². The van der Waals surface area contributed by atoms with Gasteiger partial charge in [0.2, 0.25) is 0 Å². The van der Waals surface area contributed by atoms with E-state index in [2.05, 4.69) is 18.2 Å². The number of rotatable bonds is 3. The number of aryl methyl sites for hydroxylation is 1. The Balaban J connectivity index is 0.000000344. The zero-order valence-electron chi connectivity index (χ0n) is 12.5. The summed E-state index contributed by atoms with van der Waals surface area (Å²) in [7, 11) is 0. The molecule has 1 aromatic rings. The topological polar surface area (TPSA) is 17.1 Å². The molecule has 0 bridgehead atoms. The number of hydrogen-bond donors (Lipinski definition) is 0. The predicted octanol–water partition coefficient (Wildman–Crippen LogP) is 4.57. The first-order chi connectivity index (χ1) is 10.3. The zero-order valence-corrected chi connectivity index (χ0v) is 13.6. The first-order valence-electron chi connectivity index (χ1n) is 7.03. The van der Waals surface area contributed by atoms with Crippen LogP contribution in [0.25, 0.3) is 6.08 Å². The van der Waals surface area contributed by atoms with Gasteiger partial charge in [-0.1, -0.05) is 35.9 Å². The van der Waals surface area contributed by atoms with Gasteiger partial charge in [-0.05, 0) is 18.6 Å². The largest absolute Gasteiger partial charge is 2.00 e. The molecule has 3 rings (SSSR count). The summed E-state index contributed by atoms with van der Waals surface area (Å²) in [5.41, 5.74) is 3.01. The van der Waals surface area contributed by atoms with Crippen LogP contribution in [0.15, 0.2) is 66.3 Å². The molecule has 2 aliphatic rings. The molecule has 2 heteroatoms. The third-order valence-electron chi connectivity index (χ3n) is 3.07. The molecule has 1 aromatic carbocycles. The van der Waals surface area contributed by atoms with Crippen LogP contribution in [0.1, 0.15) is 24.0 Å². The van der Waals surface area contributed by atoms with Crippen molar-refractivity contribution in [2.45, 2.75) is 19.8 Å². The Morgan fingerprint density at radius 2 is 1.91 bits per heavy atom. The molecule has 0 heterocycles. The van der Waals surface area contributed by atoms with Gasteiger partial charge in [-0.15, -0.1) is 18.4 Å². The van der Waals surface area contributed by atoms with Crippen LogP contribution >= 0.6 is 0 Å². The van der Waals surface area contributed by atoms with Crippen molar-refractivity contribution in [3.8, 4) is 0 Å². The van der Waals surface area contributed by atoms with E-state index in [0.29, 0.717) is 0 Å². The summed E-state index contributed by atoms with van der Waals surface area (Å²) in [4.78, 5) is 11.7. The van der Waals surface area contributed by atoms with E-state index in [9.17, 15) is 4.79 Å². The molecule has 0 spiro atoms. The van der Waals surface area contributed by atoms with E-state index < -0.39 is 0 Å². The number of carbonyl (C=O) groups is 1. The maximum atomic E-state index is 11.7. The normalized spacial score (nSPS) is 14.5. The Hall–Kier alpha value is -1.89. The van der Waals surface area contributed by atoms with Gasteiger partial charge in [-0.2, -0.15) is 12.2 Å². The van der Waals surface area contributed by atoms with Crippen molar-refractivity contribution in [3.63, 3.8) is 0 Å². The first-order valence-corrected chi connectivity index (χ1v) is 7.03. The quantitative estimate of drug-likeness (QED) is 0.451. The molecule has 0 fully saturated rings. The molecule has 2 aliphatic carbocycles. The third kappa shape index (κ3) is 6.26. The first kappa shape index (κ1) is 18.2. The SMILES string of the molecule is Cc1ccc(/C=C/C(=O)C2=CC[C-]=C2)cc1.[C-]1=CC=CC1.[Fe+2]. The maximum Gasteiger partial charge on any atom is 2.00 e. The van der Waals surface area contributed by atoms with Crippen LogP contribution in [-0.2, 0) is 21.9 Å². The molecule has 0 aromatic heterocycles. The summed E-state index contributed by atoms with van der Waals surface area (Å²) in [5.74, 6) is 0.0468. The van der Waals surface area contributed by atoms with Crippen molar-refractivity contribution in [1.29, 1.82) is 0 Å². The van der Waals surface area contributed by atoms with Crippen LogP contribution in [-0.4, -0.2) is 5.78 Å². The summed E-state index contributed by atoms with van der Waals surface area (Å²) in [6.07, 6.45) is 20.8. The predicted molar refractivity (Wildman–Crippen MR) is 87.3 cm³/mol. The van der Waals surface area contributed by atoms with Crippen LogP contribution in [0.2, 0.25) is 0 Å². The monoisotopic (exact) mass is 330 g/mol. The number of ketones is 1. The van der Waals surface area contributed by atoms with E-state index in [1.807, 2.05) is 55.5 Å². The summed E-state index contributed by atoms with van der Waals surface area (Å²) in [6.45, 7) is 2.04. The van der Waals surface area contributed by atoms with Gasteiger partial charge < -0.3 is 4.79 Å². The molecular weight excluding hydrogens is 312 g/mol. The fraction of sp³-hybridized carbons (Fsp3) is 0.150. The Bertz CT molecular complexity index is 618. The molecule has 0 saturated carbocycles. The molecular formula is C20H18FeO. The van der Waals surface area contributed by atoms with Crippen LogP contribution < -0.4 is 0 Å². The Morgan fingerprint density at radius 3 is 2.41 bits per heavy atom. The summed E-state index contributed by atoms with van der Waals surface area (Å²) in [6, 6.07) is 8.08. The Kier molecular flexibility index (Phi) is 8.20. The van der Waals surface area contributed by atoms with Crippen LogP contribution in [0, 0.1) is 19.1 Å².